The first kappa shape index (κ1) is 103. The van der Waals surface area contributed by atoms with Crippen molar-refractivity contribution in [3.05, 3.63) is 298 Å². The number of benzene rings is 9. The fourth-order valence-electron chi connectivity index (χ4n) is 13.6. The number of rotatable bonds is 14. The minimum atomic E-state index is -4.38. The Balaban J connectivity index is 0.000000242. The molecule has 0 aliphatic carbocycles. The third-order valence-corrected chi connectivity index (χ3v) is 22.6. The van der Waals surface area contributed by atoms with E-state index in [4.69, 9.17) is 38.4 Å². The van der Waals surface area contributed by atoms with Crippen LogP contribution >= 0.6 is 102 Å². The van der Waals surface area contributed by atoms with Gasteiger partial charge in [0.2, 0.25) is 0 Å². The van der Waals surface area contributed by atoms with Crippen LogP contribution in [-0.4, -0.2) is 179 Å². The summed E-state index contributed by atoms with van der Waals surface area (Å²) in [5.74, 6) is -0.523. The highest BCUT2D eigenvalue weighted by molar-refractivity contribution is 9.11. The first-order valence-corrected chi connectivity index (χ1v) is 41.2. The van der Waals surface area contributed by atoms with Gasteiger partial charge in [0.25, 0.3) is 5.91 Å². The highest BCUT2D eigenvalue weighted by Gasteiger charge is 2.37. The maximum atomic E-state index is 13.5. The Labute approximate surface area is 772 Å². The van der Waals surface area contributed by atoms with Gasteiger partial charge in [-0.05, 0) is 133 Å². The Morgan fingerprint density at radius 3 is 1.32 bits per heavy atom. The lowest BCUT2D eigenvalue weighted by atomic mass is 9.92. The van der Waals surface area contributed by atoms with Crippen LogP contribution in [0.1, 0.15) is 149 Å². The minimum Gasteiger partial charge on any atom is -0.491 e. The second-order valence-electron chi connectivity index (χ2n) is 28.3. The van der Waals surface area contributed by atoms with Gasteiger partial charge in [-0.3, -0.25) is 10.0 Å². The van der Waals surface area contributed by atoms with Gasteiger partial charge < -0.3 is 72.7 Å². The van der Waals surface area contributed by atoms with Crippen molar-refractivity contribution < 1.29 is 99.7 Å². The molecule has 9 aromatic rings. The van der Waals surface area contributed by atoms with Crippen molar-refractivity contribution in [1.82, 2.24) is 30.4 Å². The zero-order chi connectivity index (χ0) is 86.0. The predicted molar refractivity (Wildman–Crippen MR) is 493 cm³/mol. The number of nitrogens with one attached hydrogen (secondary N) is 2. The molecule has 0 aromatic heterocycles. The highest BCUT2D eigenvalue weighted by atomic mass is 79.9. The van der Waals surface area contributed by atoms with Gasteiger partial charge >= 0.3 is 42.1 Å². The summed E-state index contributed by atoms with van der Waals surface area (Å²) in [5.41, 5.74) is 14.1. The second-order valence-corrected chi connectivity index (χ2v) is 30.6. The number of aryl methyl sites for hydroxylation is 3. The Morgan fingerprint density at radius 2 is 0.895 bits per heavy atom. The van der Waals surface area contributed by atoms with Crippen molar-refractivity contribution in [1.29, 1.82) is 0 Å². The maximum Gasteiger partial charge on any atom is 0.416 e. The van der Waals surface area contributed by atoms with E-state index in [1.54, 1.807) is 83.2 Å². The SMILES string of the molecule is COC(=O)c1ccc(CBr)c(Br)c1.COC(=O)c1ccc(CC[C@H](CO)c2ccc(C(F)(F)F)cc2)c(Br)c1.COC(=O)c1ccc2c(c1)OC[C@H](c1ccc(C)cc1)N(C(=O)N1CCOCC1)C2.COC(=O)c1ccc2c(c1)OC[C@H](c1ccc(C)cc1)NC2.O=C(NO)c1ccc2c(c1)OC[C@H](c1ccccc1)N(C(=O)N1CCOCC1)C2.S.S.S.S. The summed E-state index contributed by atoms with van der Waals surface area (Å²) in [5, 5.41) is 22.8. The highest BCUT2D eigenvalue weighted by Crippen LogP contribution is 2.38. The number of methoxy groups -OCH3 is 4. The van der Waals surface area contributed by atoms with Gasteiger partial charge in [-0.15, -0.1) is 0 Å². The average molecular weight is 1980 g/mol. The number of esters is 4. The molecule has 4 atom stereocenters. The Kier molecular flexibility index (Phi) is 42.3. The Morgan fingerprint density at radius 1 is 0.500 bits per heavy atom. The standard InChI is InChI=1S/C23H26N2O5.C21H23N3O5.C19H18BrF3O3.C18H19NO3.C9H8Br2O2.4H2S/c1-16-3-5-17(6-4-16)20-15-30-21-13-18(22(26)28-2)7-8-19(21)14-25(20)23(27)24-9-11-29-12-10-24;25-20(22-27)16-6-7-17-13-24(21(26)23-8-10-28-11-9-23)18(14-29-19(17)12-16)15-4-2-1-3-5-15;1-26-18(25)14-4-2-13(17(20)10-14)3-5-15(11-24)12-6-8-16(9-7-12)19(21,22)23;1-12-3-5-13(6-4-12)16-11-22-17-9-14(18(20)21-2)7-8-15(17)10-19-16;1-13-9(12)6-2-3-7(5-10)8(11)4-6;;;;/h3-8,13,20H,9-12,14-15H2,1-2H3;1-7,12,18,27H,8-11,13-14H2,(H,22,25);2,4,6-10,15,24H,3,5,11H2,1H3;3-9,16,19H,10-11H2,1-2H3;2-4H,5H2,1H3;4*1H2/t20-;18-;15-;16-;;;;;/m1111...../s1. The van der Waals surface area contributed by atoms with Gasteiger partial charge in [0.1, 0.15) is 37.1 Å². The Bertz CT molecular complexity index is 5010. The molecular formula is C90H102Br3F3N6O18S4. The first-order chi connectivity index (χ1) is 57.8. The van der Waals surface area contributed by atoms with E-state index in [1.807, 2.05) is 94.4 Å². The van der Waals surface area contributed by atoms with Crippen LogP contribution in [-0.2, 0) is 66.0 Å². The van der Waals surface area contributed by atoms with Crippen molar-refractivity contribution in [3.8, 4) is 17.2 Å². The monoisotopic (exact) mass is 1980 g/mol. The molecule has 0 bridgehead atoms. The number of ether oxygens (including phenoxy) is 9. The number of alkyl halides is 4. The number of aliphatic hydroxyl groups excluding tert-OH is 1. The Hall–Kier alpha value is -9.30. The number of urea groups is 2. The van der Waals surface area contributed by atoms with Crippen molar-refractivity contribution in [2.24, 2.45) is 0 Å². The molecule has 666 valence electrons. The van der Waals surface area contributed by atoms with Gasteiger partial charge in [-0.2, -0.15) is 67.2 Å². The topological polar surface area (TPSA) is 280 Å². The number of amides is 5. The lowest BCUT2D eigenvalue weighted by Crippen LogP contribution is -2.49. The minimum absolute atomic E-state index is 0. The number of aliphatic hydroxyl groups is 1. The number of hydrogen-bond acceptors (Lipinski definition) is 19. The number of halogens is 6. The largest absolute Gasteiger partial charge is 0.491 e. The molecule has 2 saturated heterocycles. The van der Waals surface area contributed by atoms with Gasteiger partial charge in [-0.1, -0.05) is 180 Å². The number of hydrogen-bond donors (Lipinski definition) is 4. The normalized spacial score (nSPS) is 15.7. The van der Waals surface area contributed by atoms with Crippen molar-refractivity contribution in [2.45, 2.75) is 81.9 Å². The molecule has 9 aromatic carbocycles. The summed E-state index contributed by atoms with van der Waals surface area (Å²) in [4.78, 5) is 92.0. The molecule has 2 fully saturated rings. The lowest BCUT2D eigenvalue weighted by molar-refractivity contribution is -0.137. The number of carbonyl (C=O) groups excluding carboxylic acids is 7. The number of hydroxylamine groups is 1. The molecule has 14 rings (SSSR count). The van der Waals surface area contributed by atoms with Crippen LogP contribution < -0.4 is 25.0 Å². The molecule has 24 nitrogen and oxygen atoms in total. The predicted octanol–water partition coefficient (Wildman–Crippen LogP) is 16.9. The van der Waals surface area contributed by atoms with Crippen LogP contribution in [0.15, 0.2) is 203 Å². The summed E-state index contributed by atoms with van der Waals surface area (Å²) < 4.78 is 87.2. The number of fused-ring (bicyclic) bond motifs is 3. The zero-order valence-corrected chi connectivity index (χ0v) is 77.8. The van der Waals surface area contributed by atoms with Crippen molar-refractivity contribution in [2.75, 3.05) is 107 Å². The van der Waals surface area contributed by atoms with E-state index >= 15 is 0 Å². The number of morpholine rings is 2. The van der Waals surface area contributed by atoms with E-state index in [0.717, 1.165) is 76.7 Å². The molecule has 4 N–H and O–H groups in total. The van der Waals surface area contributed by atoms with Crippen LogP contribution in [0.2, 0.25) is 0 Å². The summed E-state index contributed by atoms with van der Waals surface area (Å²) >= 11 is 10.1. The molecule has 0 radical (unpaired) electrons. The summed E-state index contributed by atoms with van der Waals surface area (Å²) in [6.07, 6.45) is -3.23. The van der Waals surface area contributed by atoms with Crippen LogP contribution in [0.3, 0.4) is 0 Å². The van der Waals surface area contributed by atoms with E-state index in [9.17, 15) is 51.8 Å². The van der Waals surface area contributed by atoms with Crippen LogP contribution in [0.25, 0.3) is 0 Å². The molecule has 34 heteroatoms. The van der Waals surface area contributed by atoms with Crippen molar-refractivity contribution >= 4 is 144 Å². The molecule has 124 heavy (non-hydrogen) atoms. The molecule has 5 aliphatic heterocycles. The van der Waals surface area contributed by atoms with Crippen molar-refractivity contribution in [3.63, 3.8) is 0 Å². The lowest BCUT2D eigenvalue weighted by Gasteiger charge is -2.36. The van der Waals surface area contributed by atoms with E-state index < -0.39 is 29.6 Å². The van der Waals surface area contributed by atoms with E-state index in [1.165, 1.54) is 51.7 Å². The van der Waals surface area contributed by atoms with Gasteiger partial charge in [0.05, 0.1) is 114 Å². The van der Waals surface area contributed by atoms with E-state index in [-0.39, 0.29) is 121 Å². The molecule has 5 heterocycles. The molecule has 0 saturated carbocycles. The first-order valence-electron chi connectivity index (χ1n) is 38.5. The number of carbonyl (C=O) groups is 7. The quantitative estimate of drug-likeness (QED) is 0.0259. The van der Waals surface area contributed by atoms with E-state index in [0.29, 0.717) is 138 Å². The molecular weight excluding hydrogens is 1880 g/mol. The fourth-order valence-corrected chi connectivity index (χ4v) is 15.5. The third kappa shape index (κ3) is 28.4. The van der Waals surface area contributed by atoms with Crippen LogP contribution in [0, 0.1) is 13.8 Å². The summed E-state index contributed by atoms with van der Waals surface area (Å²) in [6, 6.07) is 56.8. The summed E-state index contributed by atoms with van der Waals surface area (Å²) in [7, 11) is 5.41. The molecule has 0 unspecified atom stereocenters. The van der Waals surface area contributed by atoms with Crippen LogP contribution in [0.5, 0.6) is 17.2 Å². The van der Waals surface area contributed by atoms with E-state index in [2.05, 4.69) is 93.8 Å². The second kappa shape index (κ2) is 50.7. The smallest absolute Gasteiger partial charge is 0.416 e. The van der Waals surface area contributed by atoms with Gasteiger partial charge in [-0.25, -0.2) is 34.2 Å². The van der Waals surface area contributed by atoms with Gasteiger partial charge in [0, 0.05) is 81.8 Å². The third-order valence-electron chi connectivity index (χ3n) is 20.5. The average Bonchev–Trinajstić information content (AvgIpc) is 1.79. The number of nitrogens with zero attached hydrogens (tertiary/aromatic N) is 4. The molecule has 0 spiro atoms. The molecule has 5 aliphatic rings. The molecule has 5 amide bonds. The summed E-state index contributed by atoms with van der Waals surface area (Å²) in [6.45, 7) is 10.9. The fraction of sp³-hybridized carbons (Fsp3) is 0.322. The van der Waals surface area contributed by atoms with Crippen LogP contribution in [0.4, 0.5) is 22.8 Å². The van der Waals surface area contributed by atoms with Gasteiger partial charge in [0.15, 0.2) is 0 Å². The zero-order valence-electron chi connectivity index (χ0n) is 69.0. The maximum absolute atomic E-state index is 13.5.